The number of aliphatic carboxylic acids is 1. The molecule has 0 rings (SSSR count). The normalized spacial score (nSPS) is 15.0. The minimum absolute atomic E-state index is 0.107. The van der Waals surface area contributed by atoms with E-state index < -0.39 is 12.1 Å². The van der Waals surface area contributed by atoms with Crippen LogP contribution in [0.4, 0.5) is 0 Å². The first-order valence-corrected chi connectivity index (χ1v) is 5.11. The van der Waals surface area contributed by atoms with Crippen LogP contribution < -0.4 is 0 Å². The summed E-state index contributed by atoms with van der Waals surface area (Å²) in [7, 11) is 0. The van der Waals surface area contributed by atoms with Crippen LogP contribution in [0, 0.1) is 0 Å². The lowest BCUT2D eigenvalue weighted by molar-refractivity contribution is -0.137. The van der Waals surface area contributed by atoms with Crippen molar-refractivity contribution in [3.05, 3.63) is 12.1 Å². The van der Waals surface area contributed by atoms with Crippen LogP contribution in [0.5, 0.6) is 0 Å². The van der Waals surface area contributed by atoms with E-state index in [9.17, 15) is 9.90 Å². The van der Waals surface area contributed by atoms with Crippen LogP contribution in [0.15, 0.2) is 12.1 Å². The first-order chi connectivity index (χ1) is 7.06. The molecular weight excluding hydrogens is 180 g/mol. The SMILES string of the molecule is [2H]C(=CCC)CCC(O)CCCC(=O)O. The second-order valence-electron chi connectivity index (χ2n) is 3.29. The minimum atomic E-state index is -0.825. The van der Waals surface area contributed by atoms with Gasteiger partial charge in [0.25, 0.3) is 0 Å². The highest BCUT2D eigenvalue weighted by Crippen LogP contribution is 2.07. The van der Waals surface area contributed by atoms with Crippen LogP contribution in [0.3, 0.4) is 0 Å². The van der Waals surface area contributed by atoms with E-state index in [2.05, 4.69) is 0 Å². The largest absolute Gasteiger partial charge is 0.481 e. The van der Waals surface area contributed by atoms with E-state index in [0.717, 1.165) is 6.42 Å². The monoisotopic (exact) mass is 201 g/mol. The van der Waals surface area contributed by atoms with Crippen molar-refractivity contribution in [2.75, 3.05) is 0 Å². The molecule has 0 heterocycles. The Labute approximate surface area is 86.9 Å². The van der Waals surface area contributed by atoms with E-state index in [1.54, 1.807) is 0 Å². The van der Waals surface area contributed by atoms with Crippen LogP contribution >= 0.6 is 0 Å². The van der Waals surface area contributed by atoms with Gasteiger partial charge in [-0.15, -0.1) is 0 Å². The smallest absolute Gasteiger partial charge is 0.303 e. The maximum atomic E-state index is 10.2. The number of rotatable bonds is 8. The molecule has 3 nitrogen and oxygen atoms in total. The van der Waals surface area contributed by atoms with E-state index >= 15 is 0 Å². The third-order valence-corrected chi connectivity index (χ3v) is 1.90. The van der Waals surface area contributed by atoms with E-state index in [4.69, 9.17) is 6.48 Å². The fourth-order valence-corrected chi connectivity index (χ4v) is 1.13. The zero-order valence-corrected chi connectivity index (χ0v) is 8.70. The van der Waals surface area contributed by atoms with Gasteiger partial charge >= 0.3 is 5.97 Å². The Hall–Kier alpha value is -0.830. The lowest BCUT2D eigenvalue weighted by atomic mass is 10.1. The van der Waals surface area contributed by atoms with Crippen LogP contribution in [0.1, 0.15) is 46.8 Å². The van der Waals surface area contributed by atoms with Gasteiger partial charge in [0, 0.05) is 6.42 Å². The number of hydrogen-bond acceptors (Lipinski definition) is 2. The van der Waals surface area contributed by atoms with E-state index in [-0.39, 0.29) is 6.42 Å². The maximum absolute atomic E-state index is 10.2. The Morgan fingerprint density at radius 3 is 2.86 bits per heavy atom. The van der Waals surface area contributed by atoms with Gasteiger partial charge in [-0.25, -0.2) is 0 Å². The quantitative estimate of drug-likeness (QED) is 0.593. The molecule has 14 heavy (non-hydrogen) atoms. The van der Waals surface area contributed by atoms with Gasteiger partial charge in [0.15, 0.2) is 0 Å². The molecule has 0 aliphatic heterocycles. The summed E-state index contributed by atoms with van der Waals surface area (Å²) in [5.41, 5.74) is 0. The fourth-order valence-electron chi connectivity index (χ4n) is 1.13. The van der Waals surface area contributed by atoms with Gasteiger partial charge in [0.05, 0.1) is 7.47 Å². The standard InChI is InChI=1S/C11H20O3/c1-2-3-4-5-7-10(12)8-6-9-11(13)14/h3-4,10,12H,2,5-9H2,1H3,(H,13,14)/i4D. The summed E-state index contributed by atoms with van der Waals surface area (Å²) in [5.74, 6) is -0.825. The number of hydrogen-bond donors (Lipinski definition) is 2. The second kappa shape index (κ2) is 8.75. The molecule has 0 aliphatic carbocycles. The molecule has 3 heteroatoms. The summed E-state index contributed by atoms with van der Waals surface area (Å²) in [4.78, 5) is 10.2. The molecule has 0 aromatic rings. The van der Waals surface area contributed by atoms with Gasteiger partial charge in [-0.1, -0.05) is 19.1 Å². The Balaban J connectivity index is 3.52. The van der Waals surface area contributed by atoms with Crippen molar-refractivity contribution in [3.8, 4) is 0 Å². The fraction of sp³-hybridized carbons (Fsp3) is 0.727. The molecule has 0 aromatic heterocycles. The Morgan fingerprint density at radius 2 is 2.29 bits per heavy atom. The predicted octanol–water partition coefficient (Wildman–Crippen LogP) is 2.35. The Bertz CT molecular complexity index is 214. The van der Waals surface area contributed by atoms with Crippen molar-refractivity contribution in [3.63, 3.8) is 0 Å². The molecule has 0 fully saturated rings. The lowest BCUT2D eigenvalue weighted by Crippen LogP contribution is -2.06. The molecule has 0 aromatic carbocycles. The summed E-state index contributed by atoms with van der Waals surface area (Å²) in [6.07, 6.45) is 4.42. The zero-order valence-electron chi connectivity index (χ0n) is 9.70. The van der Waals surface area contributed by atoms with Gasteiger partial charge < -0.3 is 10.2 Å². The van der Waals surface area contributed by atoms with Crippen molar-refractivity contribution < 1.29 is 16.4 Å². The molecule has 0 radical (unpaired) electrons. The number of aliphatic hydroxyl groups is 1. The summed E-state index contributed by atoms with van der Waals surface area (Å²) < 4.78 is 7.47. The minimum Gasteiger partial charge on any atom is -0.481 e. The van der Waals surface area contributed by atoms with Gasteiger partial charge in [-0.05, 0) is 32.1 Å². The molecule has 0 bridgehead atoms. The Kier molecular flexibility index (Phi) is 7.03. The van der Waals surface area contributed by atoms with Gasteiger partial charge in [-0.2, -0.15) is 0 Å². The first kappa shape index (κ1) is 11.2. The van der Waals surface area contributed by atoms with Crippen molar-refractivity contribution in [2.24, 2.45) is 0 Å². The third kappa shape index (κ3) is 9.26. The highest BCUT2D eigenvalue weighted by Gasteiger charge is 2.04. The predicted molar refractivity (Wildman–Crippen MR) is 56.2 cm³/mol. The van der Waals surface area contributed by atoms with Crippen molar-refractivity contribution in [2.45, 2.75) is 51.6 Å². The van der Waals surface area contributed by atoms with E-state index in [1.165, 1.54) is 0 Å². The first-order valence-electron chi connectivity index (χ1n) is 5.61. The van der Waals surface area contributed by atoms with E-state index in [1.807, 2.05) is 13.0 Å². The molecule has 0 saturated carbocycles. The Morgan fingerprint density at radius 1 is 1.57 bits per heavy atom. The van der Waals surface area contributed by atoms with Gasteiger partial charge in [-0.3, -0.25) is 4.79 Å². The maximum Gasteiger partial charge on any atom is 0.303 e. The molecule has 0 saturated heterocycles. The molecular formula is C11H20O3. The molecule has 82 valence electrons. The van der Waals surface area contributed by atoms with Crippen molar-refractivity contribution >= 4 is 5.97 Å². The third-order valence-electron chi connectivity index (χ3n) is 1.90. The highest BCUT2D eigenvalue weighted by atomic mass is 16.4. The summed E-state index contributed by atoms with van der Waals surface area (Å²) in [6, 6.07) is 0.551. The molecule has 2 N–H and O–H groups in total. The number of aliphatic hydroxyl groups excluding tert-OH is 1. The summed E-state index contributed by atoms with van der Waals surface area (Å²) in [6.45, 7) is 1.97. The van der Waals surface area contributed by atoms with Crippen molar-refractivity contribution in [1.29, 1.82) is 0 Å². The molecule has 0 amide bonds. The molecule has 1 atom stereocenters. The van der Waals surface area contributed by atoms with Crippen molar-refractivity contribution in [1.82, 2.24) is 0 Å². The number of carboxylic acids is 1. The van der Waals surface area contributed by atoms with Crippen LogP contribution in [0.25, 0.3) is 0 Å². The topological polar surface area (TPSA) is 57.5 Å². The molecule has 0 aliphatic rings. The molecule has 0 spiro atoms. The summed E-state index contributed by atoms with van der Waals surface area (Å²) >= 11 is 0. The van der Waals surface area contributed by atoms with Crippen LogP contribution in [0.2, 0.25) is 0 Å². The van der Waals surface area contributed by atoms with Gasteiger partial charge in [0.1, 0.15) is 0 Å². The highest BCUT2D eigenvalue weighted by molar-refractivity contribution is 5.66. The average Bonchev–Trinajstić information content (AvgIpc) is 2.14. The van der Waals surface area contributed by atoms with Gasteiger partial charge in [0.2, 0.25) is 0 Å². The average molecular weight is 201 g/mol. The van der Waals surface area contributed by atoms with Crippen LogP contribution in [-0.2, 0) is 4.79 Å². The van der Waals surface area contributed by atoms with E-state index in [0.29, 0.717) is 31.7 Å². The number of carboxylic acid groups (broad SMARTS) is 1. The number of carbonyl (C=O) groups is 1. The number of allylic oxidation sites excluding steroid dienone is 2. The summed E-state index contributed by atoms with van der Waals surface area (Å²) in [5, 5.41) is 17.9. The zero-order chi connectivity index (χ0) is 11.7. The molecule has 1 unspecified atom stereocenters. The lowest BCUT2D eigenvalue weighted by Gasteiger charge is -2.07. The second-order valence-corrected chi connectivity index (χ2v) is 3.29. The van der Waals surface area contributed by atoms with Crippen LogP contribution in [-0.4, -0.2) is 22.3 Å².